The van der Waals surface area contributed by atoms with E-state index >= 15 is 0 Å². The van der Waals surface area contributed by atoms with Gasteiger partial charge in [0, 0.05) is 38.8 Å². The Kier molecular flexibility index (Phi) is 4.56. The number of benzene rings is 1. The first-order valence-corrected chi connectivity index (χ1v) is 9.83. The molecule has 29 heavy (non-hydrogen) atoms. The van der Waals surface area contributed by atoms with Crippen LogP contribution in [0.15, 0.2) is 36.5 Å². The zero-order valence-corrected chi connectivity index (χ0v) is 17.6. The third-order valence-corrected chi connectivity index (χ3v) is 4.97. The van der Waals surface area contributed by atoms with E-state index in [1.807, 2.05) is 65.2 Å². The van der Waals surface area contributed by atoms with E-state index in [1.165, 1.54) is 0 Å². The number of ether oxygens (including phenoxy) is 3. The first kappa shape index (κ1) is 19.4. The van der Waals surface area contributed by atoms with Crippen molar-refractivity contribution in [1.82, 2.24) is 14.7 Å². The first-order valence-electron chi connectivity index (χ1n) is 9.83. The lowest BCUT2D eigenvalue weighted by atomic mass is 9.98. The molecule has 1 unspecified atom stereocenters. The Hall–Kier alpha value is -2.96. The summed E-state index contributed by atoms with van der Waals surface area (Å²) in [4.78, 5) is 14.0. The van der Waals surface area contributed by atoms with Crippen molar-refractivity contribution in [2.24, 2.45) is 7.05 Å². The third kappa shape index (κ3) is 3.81. The molecule has 0 N–H and O–H groups in total. The second kappa shape index (κ2) is 6.83. The number of nitrogens with zero attached hydrogens (tertiary/aromatic N) is 3. The number of para-hydroxylation sites is 1. The molecule has 2 aliphatic heterocycles. The number of fused-ring (bicyclic) bond motifs is 1. The van der Waals surface area contributed by atoms with Crippen molar-refractivity contribution < 1.29 is 19.0 Å². The molecule has 1 atom stereocenters. The molecule has 2 aliphatic rings. The van der Waals surface area contributed by atoms with Crippen LogP contribution in [0.2, 0.25) is 0 Å². The molecule has 154 valence electrons. The van der Waals surface area contributed by atoms with E-state index in [-0.39, 0.29) is 6.09 Å². The molecule has 2 aromatic rings. The molecular weight excluding hydrogens is 370 g/mol. The van der Waals surface area contributed by atoms with E-state index in [0.717, 1.165) is 29.0 Å². The highest BCUT2D eigenvalue weighted by Gasteiger charge is 2.42. The second-order valence-electron chi connectivity index (χ2n) is 8.56. The minimum atomic E-state index is -0.961. The average molecular weight is 397 g/mol. The molecule has 0 saturated carbocycles. The molecule has 0 fully saturated rings. The van der Waals surface area contributed by atoms with Crippen molar-refractivity contribution in [3.05, 3.63) is 47.8 Å². The smallest absolute Gasteiger partial charge is 0.410 e. The number of hydrogen-bond donors (Lipinski definition) is 0. The number of hydrogen-bond acceptors (Lipinski definition) is 5. The summed E-state index contributed by atoms with van der Waals surface area (Å²) in [5, 5.41) is 4.44. The zero-order chi connectivity index (χ0) is 20.8. The predicted molar refractivity (Wildman–Crippen MR) is 109 cm³/mol. The molecule has 4 rings (SSSR count). The van der Waals surface area contributed by atoms with Gasteiger partial charge in [-0.05, 0) is 44.9 Å². The van der Waals surface area contributed by atoms with Crippen LogP contribution in [0.5, 0.6) is 11.5 Å². The number of carbonyl (C=O) groups is 1. The molecule has 1 amide bonds. The fourth-order valence-electron chi connectivity index (χ4n) is 3.55. The van der Waals surface area contributed by atoms with Crippen LogP contribution in [0.3, 0.4) is 0 Å². The lowest BCUT2D eigenvalue weighted by Gasteiger charge is -2.29. The highest BCUT2D eigenvalue weighted by molar-refractivity contribution is 5.77. The van der Waals surface area contributed by atoms with Gasteiger partial charge in [0.1, 0.15) is 11.3 Å². The van der Waals surface area contributed by atoms with Gasteiger partial charge in [-0.3, -0.25) is 4.68 Å². The summed E-state index contributed by atoms with van der Waals surface area (Å²) in [5.74, 6) is 0.459. The standard InChI is InChI=1S/C22H27N3O4/c1-21(2,3)29-20(26)25-13-9-15(10-14-25)16-7-6-8-17-19(16)28-22(4,27-17)18-11-12-24(5)23-18/h6-9,11-12H,10,13-14H2,1-5H3. The lowest BCUT2D eigenvalue weighted by Crippen LogP contribution is -2.39. The van der Waals surface area contributed by atoms with Crippen LogP contribution in [-0.4, -0.2) is 39.5 Å². The van der Waals surface area contributed by atoms with Gasteiger partial charge in [0.05, 0.1) is 0 Å². The number of carbonyl (C=O) groups excluding carboxylic acids is 1. The maximum atomic E-state index is 12.3. The first-order chi connectivity index (χ1) is 13.6. The molecule has 0 spiro atoms. The normalized spacial score (nSPS) is 21.1. The minimum absolute atomic E-state index is 0.284. The molecular formula is C22H27N3O4. The quantitative estimate of drug-likeness (QED) is 0.764. The van der Waals surface area contributed by atoms with E-state index in [0.29, 0.717) is 18.8 Å². The summed E-state index contributed by atoms with van der Waals surface area (Å²) >= 11 is 0. The minimum Gasteiger partial charge on any atom is -0.444 e. The van der Waals surface area contributed by atoms with Crippen molar-refractivity contribution in [2.75, 3.05) is 13.1 Å². The summed E-state index contributed by atoms with van der Waals surface area (Å²) in [7, 11) is 1.86. The summed E-state index contributed by atoms with van der Waals surface area (Å²) in [5.41, 5.74) is 2.35. The van der Waals surface area contributed by atoms with Gasteiger partial charge in [-0.2, -0.15) is 5.10 Å². The predicted octanol–water partition coefficient (Wildman–Crippen LogP) is 4.09. The Bertz CT molecular complexity index is 973. The van der Waals surface area contributed by atoms with Crippen LogP contribution in [0.4, 0.5) is 4.79 Å². The Balaban J connectivity index is 1.54. The van der Waals surface area contributed by atoms with Crippen LogP contribution in [0, 0.1) is 0 Å². The van der Waals surface area contributed by atoms with Crippen LogP contribution < -0.4 is 9.47 Å². The fraction of sp³-hybridized carbons (Fsp3) is 0.455. The van der Waals surface area contributed by atoms with Crippen molar-refractivity contribution in [3.63, 3.8) is 0 Å². The van der Waals surface area contributed by atoms with Crippen molar-refractivity contribution in [3.8, 4) is 11.5 Å². The number of aryl methyl sites for hydroxylation is 1. The second-order valence-corrected chi connectivity index (χ2v) is 8.56. The van der Waals surface area contributed by atoms with E-state index in [1.54, 1.807) is 9.58 Å². The molecule has 1 aromatic heterocycles. The molecule has 0 bridgehead atoms. The van der Waals surface area contributed by atoms with Crippen molar-refractivity contribution in [2.45, 2.75) is 45.5 Å². The van der Waals surface area contributed by atoms with E-state index in [4.69, 9.17) is 14.2 Å². The van der Waals surface area contributed by atoms with Gasteiger partial charge in [0.15, 0.2) is 11.5 Å². The lowest BCUT2D eigenvalue weighted by molar-refractivity contribution is -0.0722. The van der Waals surface area contributed by atoms with Gasteiger partial charge >= 0.3 is 6.09 Å². The highest BCUT2D eigenvalue weighted by Crippen LogP contribution is 2.48. The Morgan fingerprint density at radius 3 is 2.66 bits per heavy atom. The molecule has 7 nitrogen and oxygen atoms in total. The monoisotopic (exact) mass is 397 g/mol. The molecule has 3 heterocycles. The number of rotatable bonds is 2. The van der Waals surface area contributed by atoms with Gasteiger partial charge in [0.25, 0.3) is 5.79 Å². The van der Waals surface area contributed by atoms with Gasteiger partial charge in [-0.1, -0.05) is 18.2 Å². The molecule has 0 radical (unpaired) electrons. The molecule has 7 heteroatoms. The van der Waals surface area contributed by atoms with Crippen molar-refractivity contribution in [1.29, 1.82) is 0 Å². The zero-order valence-electron chi connectivity index (χ0n) is 17.6. The largest absolute Gasteiger partial charge is 0.444 e. The topological polar surface area (TPSA) is 65.8 Å². The SMILES string of the molecule is Cn1ccc(C2(C)Oc3cccc(C4=CCN(C(=O)OC(C)(C)C)CC4)c3O2)n1. The van der Waals surface area contributed by atoms with Crippen LogP contribution >= 0.6 is 0 Å². The summed E-state index contributed by atoms with van der Waals surface area (Å²) in [6.45, 7) is 8.60. The Morgan fingerprint density at radius 2 is 2.03 bits per heavy atom. The van der Waals surface area contributed by atoms with E-state index < -0.39 is 11.4 Å². The van der Waals surface area contributed by atoms with Gasteiger partial charge in [-0.15, -0.1) is 0 Å². The van der Waals surface area contributed by atoms with Crippen LogP contribution in [0.25, 0.3) is 5.57 Å². The summed E-state index contributed by atoms with van der Waals surface area (Å²) in [6, 6.07) is 7.79. The third-order valence-electron chi connectivity index (χ3n) is 4.97. The number of amides is 1. The molecule has 0 saturated heterocycles. The maximum absolute atomic E-state index is 12.3. The van der Waals surface area contributed by atoms with Crippen LogP contribution in [0.1, 0.15) is 45.4 Å². The van der Waals surface area contributed by atoms with E-state index in [9.17, 15) is 4.79 Å². The van der Waals surface area contributed by atoms with E-state index in [2.05, 4.69) is 11.2 Å². The highest BCUT2D eigenvalue weighted by atomic mass is 16.7. The Morgan fingerprint density at radius 1 is 1.24 bits per heavy atom. The summed E-state index contributed by atoms with van der Waals surface area (Å²) < 4.78 is 19.6. The maximum Gasteiger partial charge on any atom is 0.410 e. The Labute approximate surface area is 170 Å². The molecule has 0 aliphatic carbocycles. The number of aromatic nitrogens is 2. The van der Waals surface area contributed by atoms with Gasteiger partial charge in [0.2, 0.25) is 0 Å². The average Bonchev–Trinajstić information content (AvgIpc) is 3.24. The van der Waals surface area contributed by atoms with Crippen LogP contribution in [-0.2, 0) is 17.6 Å². The van der Waals surface area contributed by atoms with Crippen molar-refractivity contribution >= 4 is 11.7 Å². The fourth-order valence-corrected chi connectivity index (χ4v) is 3.55. The van der Waals surface area contributed by atoms with Gasteiger partial charge < -0.3 is 19.1 Å². The summed E-state index contributed by atoms with van der Waals surface area (Å²) in [6.07, 6.45) is 4.36. The molecule has 1 aromatic carbocycles. The van der Waals surface area contributed by atoms with Gasteiger partial charge in [-0.25, -0.2) is 4.79 Å².